The Labute approximate surface area is 604 Å². The number of halogens is 10. The Kier molecular flexibility index (Phi) is 28.5. The zero-order valence-electron chi connectivity index (χ0n) is 57.2. The van der Waals surface area contributed by atoms with Gasteiger partial charge in [0.05, 0.1) is 29.5 Å². The summed E-state index contributed by atoms with van der Waals surface area (Å²) in [6.07, 6.45) is -4.48. The van der Waals surface area contributed by atoms with Crippen LogP contribution < -0.4 is 10.2 Å². The van der Waals surface area contributed by atoms with Gasteiger partial charge in [0.2, 0.25) is 11.8 Å². The van der Waals surface area contributed by atoms with Gasteiger partial charge in [0.1, 0.15) is 24.8 Å². The zero-order chi connectivity index (χ0) is 69.9. The highest BCUT2D eigenvalue weighted by molar-refractivity contribution is 5.96. The number of hydrogen-bond donors (Lipinski definition) is 2. The maximum absolute atomic E-state index is 14.3. The third kappa shape index (κ3) is 19.8. The fourth-order valence-corrected chi connectivity index (χ4v) is 14.4. The first-order valence-corrected chi connectivity index (χ1v) is 33.7. The van der Waals surface area contributed by atoms with Crippen molar-refractivity contribution < 1.29 is 69.3 Å². The van der Waals surface area contributed by atoms with Crippen molar-refractivity contribution >= 4 is 78.3 Å². The summed E-state index contributed by atoms with van der Waals surface area (Å²) in [4.78, 5) is 79.1. The molecule has 3 aliphatic heterocycles. The zero-order valence-corrected chi connectivity index (χ0v) is 59.7. The Morgan fingerprint density at radius 1 is 0.673 bits per heavy atom. The fraction of sp³-hybridized carbons (Fsp3) is 0.453. The lowest BCUT2D eigenvalue weighted by molar-refractivity contribution is -0.143. The minimum atomic E-state index is -5.15. The first-order chi connectivity index (χ1) is 46.8. The lowest BCUT2D eigenvalue weighted by Crippen LogP contribution is -2.50. The minimum Gasteiger partial charge on any atom is -0.465 e. The van der Waals surface area contributed by atoms with Gasteiger partial charge in [-0.25, -0.2) is 9.18 Å². The molecular formula is C75H90Cl3F7N8O8. The van der Waals surface area contributed by atoms with Gasteiger partial charge < -0.3 is 49.3 Å². The van der Waals surface area contributed by atoms with Crippen LogP contribution in [0, 0.1) is 12.7 Å². The predicted molar refractivity (Wildman–Crippen MR) is 382 cm³/mol. The Morgan fingerprint density at radius 2 is 1.30 bits per heavy atom. The number of aryl methyl sites for hydroxylation is 1. The molecule has 6 aromatic carbocycles. The van der Waals surface area contributed by atoms with Gasteiger partial charge in [-0.1, -0.05) is 91.3 Å². The van der Waals surface area contributed by atoms with Crippen LogP contribution in [-0.4, -0.2) is 183 Å². The number of carboxylic acid groups (broad SMARTS) is 1. The number of carbonyl (C=O) groups excluding carboxylic acids is 4. The monoisotopic (exact) mass is 1470 g/mol. The molecule has 10 rings (SSSR count). The van der Waals surface area contributed by atoms with Crippen LogP contribution >= 0.6 is 37.2 Å². The van der Waals surface area contributed by atoms with Crippen LogP contribution in [0.3, 0.4) is 0 Å². The van der Waals surface area contributed by atoms with E-state index < -0.39 is 64.6 Å². The topological polar surface area (TPSA) is 159 Å². The maximum Gasteiger partial charge on any atom is 0.416 e. The number of ether oxygens (including phenoxy) is 2. The molecule has 5 amide bonds. The summed E-state index contributed by atoms with van der Waals surface area (Å²) in [6, 6.07) is 37.4. The third-order valence-corrected chi connectivity index (χ3v) is 20.2. The molecule has 16 nitrogen and oxygen atoms in total. The predicted octanol–water partition coefficient (Wildman–Crippen LogP) is 14.5. The lowest BCUT2D eigenvalue weighted by Gasteiger charge is -2.44. The molecule has 101 heavy (non-hydrogen) atoms. The molecule has 1 aliphatic carbocycles. The summed E-state index contributed by atoms with van der Waals surface area (Å²) in [6.45, 7) is 7.06. The largest absolute Gasteiger partial charge is 0.465 e. The van der Waals surface area contributed by atoms with Gasteiger partial charge in [0, 0.05) is 114 Å². The number of unbranched alkanes of at least 4 members (excludes halogenated alkanes) is 2. The highest BCUT2D eigenvalue weighted by atomic mass is 35.5. The quantitative estimate of drug-likeness (QED) is 0.0393. The number of likely N-dealkylation sites (N-methyl/N-ethyl adjacent to an activating group) is 2. The van der Waals surface area contributed by atoms with E-state index in [0.29, 0.717) is 120 Å². The number of amides is 5. The smallest absolute Gasteiger partial charge is 0.416 e. The van der Waals surface area contributed by atoms with E-state index in [2.05, 4.69) is 27.2 Å². The number of anilines is 2. The van der Waals surface area contributed by atoms with Gasteiger partial charge in [-0.3, -0.25) is 24.1 Å². The molecule has 3 fully saturated rings. The highest BCUT2D eigenvalue weighted by Crippen LogP contribution is 2.49. The van der Waals surface area contributed by atoms with Gasteiger partial charge in [-0.05, 0) is 160 Å². The second-order valence-corrected chi connectivity index (χ2v) is 26.6. The molecule has 0 bridgehead atoms. The number of carbonyl (C=O) groups is 5. The summed E-state index contributed by atoms with van der Waals surface area (Å²) in [5, 5.41) is 13.8. The molecule has 2 N–H and O–H groups in total. The van der Waals surface area contributed by atoms with E-state index in [0.717, 1.165) is 77.3 Å². The van der Waals surface area contributed by atoms with Crippen molar-refractivity contribution in [2.24, 2.45) is 0 Å². The Bertz CT molecular complexity index is 3740. The number of hydrogen-bond acceptors (Lipinski definition) is 10. The fourth-order valence-electron chi connectivity index (χ4n) is 14.4. The van der Waals surface area contributed by atoms with Crippen molar-refractivity contribution in [3.05, 3.63) is 190 Å². The van der Waals surface area contributed by atoms with E-state index in [9.17, 15) is 59.8 Å². The molecule has 3 heterocycles. The molecule has 1 spiro atoms. The van der Waals surface area contributed by atoms with E-state index in [4.69, 9.17) is 9.47 Å². The number of likely N-dealkylation sites (tertiary alicyclic amines) is 2. The lowest BCUT2D eigenvalue weighted by atomic mass is 9.72. The number of fused-ring (bicyclic) bond motifs is 2. The third-order valence-electron chi connectivity index (χ3n) is 20.2. The number of benzene rings is 6. The van der Waals surface area contributed by atoms with Crippen LogP contribution in [0.2, 0.25) is 0 Å². The van der Waals surface area contributed by atoms with E-state index in [1.807, 2.05) is 98.9 Å². The second-order valence-electron chi connectivity index (χ2n) is 26.6. The van der Waals surface area contributed by atoms with Gasteiger partial charge >= 0.3 is 18.4 Å². The number of para-hydroxylation sites is 1. The molecule has 0 saturated carbocycles. The normalized spacial score (nSPS) is 17.6. The van der Waals surface area contributed by atoms with Crippen LogP contribution in [0.25, 0.3) is 11.1 Å². The standard InChI is InChI=1S/C75H87F7N8O8.3ClH/c1-52-44-60(83-34-14-6-9-22-67(91)85(3)42-43-87-37-29-61(30-38-87)90(71(95)96)65-21-13-11-19-63(65)53-16-7-5-8-17-53)27-28-62(52)70(94)86(4)36-15-35-84(2)68(92)49-97-66-47-54-18-10-12-20-64(54)72(66)31-39-88(40-32-72)41-33-73(56-23-25-59(76)26-24-56)50-89(51-98-73)69(93)55-45-57(74(77,78)79)48-58(46-55)75(80,81)82;;;/h5,7-8,10-13,16-21,23-28,44-46,48,61,66,83H,6,9,14-15,22,29-43,47,49-51H2,1-4H3,(H,95,96);3*1H/t66-,73-;;;/m0.../s1. The van der Waals surface area contributed by atoms with Crippen LogP contribution in [0.1, 0.15) is 118 Å². The highest BCUT2D eigenvalue weighted by Gasteiger charge is 2.50. The molecule has 26 heteroatoms. The summed E-state index contributed by atoms with van der Waals surface area (Å²) >= 11 is 0. The van der Waals surface area contributed by atoms with E-state index in [-0.39, 0.29) is 92.7 Å². The number of alkyl halides is 6. The van der Waals surface area contributed by atoms with Crippen molar-refractivity contribution in [1.82, 2.24) is 29.4 Å². The molecule has 0 radical (unpaired) electrons. The van der Waals surface area contributed by atoms with Crippen LogP contribution in [0.4, 0.5) is 46.9 Å². The van der Waals surface area contributed by atoms with E-state index in [1.54, 1.807) is 28.8 Å². The number of piperidine rings is 2. The average Bonchev–Trinajstić information content (AvgIpc) is 1.60. The molecule has 0 unspecified atom stereocenters. The Morgan fingerprint density at radius 3 is 1.96 bits per heavy atom. The number of nitrogens with zero attached hydrogens (tertiary/aromatic N) is 7. The Balaban J connectivity index is 0.00000477. The second kappa shape index (κ2) is 35.6. The van der Waals surface area contributed by atoms with Crippen molar-refractivity contribution in [2.45, 2.75) is 113 Å². The summed E-state index contributed by atoms with van der Waals surface area (Å²) in [5.41, 5.74) is 1.96. The molecule has 0 aromatic heterocycles. The summed E-state index contributed by atoms with van der Waals surface area (Å²) < 4.78 is 110. The Hall–Kier alpha value is -7.51. The molecule has 548 valence electrons. The van der Waals surface area contributed by atoms with Crippen LogP contribution in [0.5, 0.6) is 0 Å². The maximum atomic E-state index is 14.3. The first-order valence-electron chi connectivity index (χ1n) is 33.7. The van der Waals surface area contributed by atoms with Crippen LogP contribution in [0.15, 0.2) is 140 Å². The van der Waals surface area contributed by atoms with E-state index in [1.165, 1.54) is 29.2 Å². The molecule has 3 saturated heterocycles. The van der Waals surface area contributed by atoms with Gasteiger partial charge in [0.25, 0.3) is 11.8 Å². The van der Waals surface area contributed by atoms with Crippen LogP contribution in [-0.2, 0) is 48.9 Å². The number of nitrogens with one attached hydrogen (secondary N) is 1. The van der Waals surface area contributed by atoms with Crippen molar-refractivity contribution in [3.63, 3.8) is 0 Å². The summed E-state index contributed by atoms with van der Waals surface area (Å²) in [5.74, 6) is -1.83. The van der Waals surface area contributed by atoms with Crippen molar-refractivity contribution in [2.75, 3.05) is 117 Å². The van der Waals surface area contributed by atoms with Gasteiger partial charge in [-0.2, -0.15) is 26.3 Å². The van der Waals surface area contributed by atoms with Crippen molar-refractivity contribution in [1.29, 1.82) is 0 Å². The van der Waals surface area contributed by atoms with E-state index >= 15 is 0 Å². The van der Waals surface area contributed by atoms with Gasteiger partial charge in [-0.15, -0.1) is 37.2 Å². The summed E-state index contributed by atoms with van der Waals surface area (Å²) in [7, 11) is 5.31. The molecule has 4 aliphatic rings. The molecular weight excluding hydrogens is 1380 g/mol. The molecule has 2 atom stereocenters. The average molecular weight is 1470 g/mol. The molecule has 6 aromatic rings. The van der Waals surface area contributed by atoms with Crippen molar-refractivity contribution in [3.8, 4) is 11.1 Å². The van der Waals surface area contributed by atoms with Gasteiger partial charge in [0.15, 0.2) is 0 Å². The number of rotatable bonds is 26. The SMILES string of the molecule is Cc1cc(NCCCCCC(=O)N(C)CCN2CCC(N(C(=O)O)c3ccccc3-c3ccccc3)CC2)ccc1C(=O)N(C)CCCN(C)C(=O)CO[C@H]1Cc2ccccc2C12CCN(CC[C@@]1(c3ccc(F)cc3)CN(C(=O)c3cc(C(F)(F)F)cc(C(F)(F)F)c3)CO1)CC2.Cl.Cl.Cl. The first kappa shape index (κ1) is 80.8. The minimum absolute atomic E-state index is 0.